The van der Waals surface area contributed by atoms with E-state index in [4.69, 9.17) is 22.5 Å². The van der Waals surface area contributed by atoms with E-state index in [1.807, 2.05) is 4.72 Å². The normalized spacial score (nSPS) is 11.8. The van der Waals surface area contributed by atoms with E-state index in [1.54, 1.807) is 4.72 Å². The number of halogens is 1. The zero-order valence-corrected chi connectivity index (χ0v) is 12.4. The van der Waals surface area contributed by atoms with Gasteiger partial charge in [0.25, 0.3) is 0 Å². The van der Waals surface area contributed by atoms with Crippen LogP contribution in [0.4, 0.5) is 10.5 Å². The number of amides is 1. The van der Waals surface area contributed by atoms with Gasteiger partial charge in [0.15, 0.2) is 5.84 Å². The monoisotopic (exact) mass is 336 g/mol. The maximum absolute atomic E-state index is 11.6. The fraction of sp³-hybridized carbons (Fsp3) is 0.200. The summed E-state index contributed by atoms with van der Waals surface area (Å²) in [7, 11) is -4.19. The second-order valence-corrected chi connectivity index (χ2v) is 5.43. The number of carbonyl (C=O) groups is 1. The number of nitrogens with zero attached hydrogens (tertiary/aromatic N) is 1. The molecule has 0 aliphatic heterocycles. The molecule has 0 saturated heterocycles. The Morgan fingerprint density at radius 3 is 2.71 bits per heavy atom. The van der Waals surface area contributed by atoms with Crippen LogP contribution >= 0.6 is 11.6 Å². The zero-order chi connectivity index (χ0) is 16.0. The molecule has 21 heavy (non-hydrogen) atoms. The van der Waals surface area contributed by atoms with Crippen LogP contribution in [0.2, 0.25) is 5.02 Å². The van der Waals surface area contributed by atoms with Gasteiger partial charge in [-0.25, -0.2) is 9.52 Å². The predicted molar refractivity (Wildman–Crippen MR) is 76.7 cm³/mol. The third kappa shape index (κ3) is 5.00. The topological polar surface area (TPSA) is 143 Å². The van der Waals surface area contributed by atoms with E-state index in [-0.39, 0.29) is 23.2 Å². The Kier molecular flexibility index (Phi) is 5.61. The van der Waals surface area contributed by atoms with Crippen molar-refractivity contribution in [2.75, 3.05) is 11.3 Å². The van der Waals surface area contributed by atoms with Gasteiger partial charge in [-0.1, -0.05) is 16.8 Å². The average Bonchev–Trinajstić information content (AvgIpc) is 2.39. The van der Waals surface area contributed by atoms with E-state index in [0.29, 0.717) is 5.56 Å². The summed E-state index contributed by atoms with van der Waals surface area (Å²) in [5, 5.41) is 11.3. The number of ether oxygens (including phenoxy) is 1. The highest BCUT2D eigenvalue weighted by atomic mass is 35.5. The van der Waals surface area contributed by atoms with Crippen molar-refractivity contribution in [1.29, 1.82) is 0 Å². The first-order valence-electron chi connectivity index (χ1n) is 5.53. The number of anilines is 1. The van der Waals surface area contributed by atoms with Crippen molar-refractivity contribution in [2.45, 2.75) is 6.92 Å². The number of nitrogens with two attached hydrogens (primary N) is 1. The summed E-state index contributed by atoms with van der Waals surface area (Å²) in [6, 6.07) is 3.96. The molecule has 0 fully saturated rings. The largest absolute Gasteiger partial charge is 0.449 e. The molecule has 0 heterocycles. The van der Waals surface area contributed by atoms with Gasteiger partial charge in [0.05, 0.1) is 17.3 Å². The van der Waals surface area contributed by atoms with Gasteiger partial charge in [-0.05, 0) is 25.1 Å². The Bertz CT molecular complexity index is 661. The Balaban J connectivity index is 2.91. The lowest BCUT2D eigenvalue weighted by Gasteiger charge is -2.11. The van der Waals surface area contributed by atoms with E-state index in [0.717, 1.165) is 0 Å². The molecule has 0 spiro atoms. The Hall–Kier alpha value is -2.20. The SMILES string of the molecule is CCOC(=O)NS(=O)(=O)Nc1ccc(/C(N)=N/O)cc1Cl. The van der Waals surface area contributed by atoms with E-state index in [1.165, 1.54) is 25.1 Å². The van der Waals surface area contributed by atoms with Crippen LogP contribution in [-0.4, -0.2) is 32.2 Å². The van der Waals surface area contributed by atoms with Gasteiger partial charge in [0, 0.05) is 5.56 Å². The summed E-state index contributed by atoms with van der Waals surface area (Å²) >= 11 is 5.87. The van der Waals surface area contributed by atoms with Gasteiger partial charge in [0.1, 0.15) is 0 Å². The lowest BCUT2D eigenvalue weighted by molar-refractivity contribution is 0.159. The third-order valence-corrected chi connectivity index (χ3v) is 3.35. The number of benzene rings is 1. The first-order chi connectivity index (χ1) is 9.79. The van der Waals surface area contributed by atoms with Gasteiger partial charge < -0.3 is 15.7 Å². The molecule has 0 unspecified atom stereocenters. The Morgan fingerprint density at radius 2 is 2.19 bits per heavy atom. The molecular weight excluding hydrogens is 324 g/mol. The molecule has 11 heteroatoms. The van der Waals surface area contributed by atoms with E-state index >= 15 is 0 Å². The standard InChI is InChI=1S/C10H13ClN4O5S/c1-2-20-10(16)15-21(18,19)14-8-4-3-6(5-7(8)11)9(12)13-17/h3-5,14,17H,2H2,1H3,(H2,12,13)(H,15,16). The quantitative estimate of drug-likeness (QED) is 0.271. The van der Waals surface area contributed by atoms with Crippen molar-refractivity contribution < 1.29 is 23.2 Å². The second-order valence-electron chi connectivity index (χ2n) is 3.61. The average molecular weight is 337 g/mol. The van der Waals surface area contributed by atoms with Crippen LogP contribution in [0.25, 0.3) is 0 Å². The van der Waals surface area contributed by atoms with Gasteiger partial charge >= 0.3 is 16.3 Å². The third-order valence-electron chi connectivity index (χ3n) is 2.11. The second kappa shape index (κ2) is 6.99. The van der Waals surface area contributed by atoms with Crippen molar-refractivity contribution in [3.63, 3.8) is 0 Å². The van der Waals surface area contributed by atoms with Gasteiger partial charge in [0.2, 0.25) is 0 Å². The van der Waals surface area contributed by atoms with Crippen LogP contribution in [0, 0.1) is 0 Å². The number of carbonyl (C=O) groups excluding carboxylic acids is 1. The fourth-order valence-electron chi connectivity index (χ4n) is 1.26. The minimum atomic E-state index is -4.19. The molecule has 0 radical (unpaired) electrons. The Labute approximate surface area is 125 Å². The van der Waals surface area contributed by atoms with Crippen LogP contribution in [0.15, 0.2) is 23.4 Å². The molecule has 0 aliphatic carbocycles. The molecule has 1 amide bonds. The summed E-state index contributed by atoms with van der Waals surface area (Å²) in [5.74, 6) is -0.184. The number of rotatable bonds is 5. The van der Waals surface area contributed by atoms with Crippen molar-refractivity contribution in [2.24, 2.45) is 10.9 Å². The molecule has 0 aliphatic rings. The van der Waals surface area contributed by atoms with Crippen LogP contribution in [0.3, 0.4) is 0 Å². The number of hydrogen-bond acceptors (Lipinski definition) is 6. The minimum Gasteiger partial charge on any atom is -0.449 e. The summed E-state index contributed by atoms with van der Waals surface area (Å²) in [6.45, 7) is 1.55. The highest BCUT2D eigenvalue weighted by Crippen LogP contribution is 2.23. The smallest absolute Gasteiger partial charge is 0.422 e. The first kappa shape index (κ1) is 16.9. The molecule has 116 valence electrons. The van der Waals surface area contributed by atoms with Crippen molar-refractivity contribution in [3.05, 3.63) is 28.8 Å². The van der Waals surface area contributed by atoms with Gasteiger partial charge in [-0.2, -0.15) is 8.42 Å². The molecule has 0 saturated carbocycles. The number of amidine groups is 1. The lowest BCUT2D eigenvalue weighted by atomic mass is 10.2. The number of oxime groups is 1. The summed E-state index contributed by atoms with van der Waals surface area (Å²) in [4.78, 5) is 11.1. The fourth-order valence-corrected chi connectivity index (χ4v) is 2.34. The molecule has 0 atom stereocenters. The van der Waals surface area contributed by atoms with E-state index in [2.05, 4.69) is 9.89 Å². The van der Waals surface area contributed by atoms with Gasteiger partial charge in [-0.3, -0.25) is 4.72 Å². The summed E-state index contributed by atoms with van der Waals surface area (Å²) in [6.07, 6.45) is -1.12. The zero-order valence-electron chi connectivity index (χ0n) is 10.8. The summed E-state index contributed by atoms with van der Waals surface area (Å²) in [5.41, 5.74) is 5.67. The highest BCUT2D eigenvalue weighted by molar-refractivity contribution is 7.91. The highest BCUT2D eigenvalue weighted by Gasteiger charge is 2.17. The van der Waals surface area contributed by atoms with E-state index in [9.17, 15) is 13.2 Å². The molecule has 0 aromatic heterocycles. The van der Waals surface area contributed by atoms with Crippen LogP contribution < -0.4 is 15.2 Å². The van der Waals surface area contributed by atoms with Crippen molar-refractivity contribution in [1.82, 2.24) is 4.72 Å². The van der Waals surface area contributed by atoms with Crippen molar-refractivity contribution >= 4 is 39.4 Å². The number of hydrogen-bond donors (Lipinski definition) is 4. The van der Waals surface area contributed by atoms with Crippen LogP contribution in [-0.2, 0) is 14.9 Å². The lowest BCUT2D eigenvalue weighted by Crippen LogP contribution is -2.35. The summed E-state index contributed by atoms with van der Waals surface area (Å²) < 4.78 is 31.4. The molecule has 9 nitrogen and oxygen atoms in total. The molecular formula is C10H13ClN4O5S. The Morgan fingerprint density at radius 1 is 1.52 bits per heavy atom. The molecule has 5 N–H and O–H groups in total. The predicted octanol–water partition coefficient (Wildman–Crippen LogP) is 0.837. The van der Waals surface area contributed by atoms with Crippen LogP contribution in [0.1, 0.15) is 12.5 Å². The molecule has 1 aromatic rings. The maximum atomic E-state index is 11.6. The van der Waals surface area contributed by atoms with E-state index < -0.39 is 16.3 Å². The van der Waals surface area contributed by atoms with Crippen molar-refractivity contribution in [3.8, 4) is 0 Å². The van der Waals surface area contributed by atoms with Gasteiger partial charge in [-0.15, -0.1) is 0 Å². The molecule has 1 rings (SSSR count). The molecule has 0 bridgehead atoms. The minimum absolute atomic E-state index is 0.00274. The molecule has 1 aromatic carbocycles. The first-order valence-corrected chi connectivity index (χ1v) is 7.40. The van der Waals surface area contributed by atoms with Crippen LogP contribution in [0.5, 0.6) is 0 Å². The number of nitrogens with one attached hydrogen (secondary N) is 2. The maximum Gasteiger partial charge on any atom is 0.422 e.